The highest BCUT2D eigenvalue weighted by molar-refractivity contribution is 7.53. The molecule has 28 heavy (non-hydrogen) atoms. The smallest absolute Gasteiger partial charge is 0.330 e. The maximum absolute atomic E-state index is 12.6. The molecular weight excluding hydrogens is 383 g/mol. The first-order valence-electron chi connectivity index (χ1n) is 10.6. The first kappa shape index (κ1) is 27.1. The average molecular weight is 422 g/mol. The van der Waals surface area contributed by atoms with E-state index in [0.717, 1.165) is 38.5 Å². The number of esters is 2. The zero-order valence-corrected chi connectivity index (χ0v) is 19.0. The van der Waals surface area contributed by atoms with E-state index in [2.05, 4.69) is 13.8 Å². The molecule has 0 rings (SSSR count). The molecule has 8 heteroatoms. The summed E-state index contributed by atoms with van der Waals surface area (Å²) in [5.74, 6) is -0.638. The zero-order chi connectivity index (χ0) is 21.3. The molecule has 0 heterocycles. The van der Waals surface area contributed by atoms with Crippen molar-refractivity contribution in [3.05, 3.63) is 0 Å². The Morgan fingerprint density at radius 1 is 0.821 bits per heavy atom. The second-order valence-electron chi connectivity index (χ2n) is 6.67. The van der Waals surface area contributed by atoms with Gasteiger partial charge in [-0.05, 0) is 33.1 Å². The van der Waals surface area contributed by atoms with E-state index in [4.69, 9.17) is 18.5 Å². The molecular formula is C20H39O7P. The van der Waals surface area contributed by atoms with Crippen molar-refractivity contribution in [1.29, 1.82) is 0 Å². The molecule has 0 saturated carbocycles. The minimum absolute atomic E-state index is 0.0390. The summed E-state index contributed by atoms with van der Waals surface area (Å²) in [5, 5.41) is 0. The lowest BCUT2D eigenvalue weighted by Crippen LogP contribution is -2.26. The van der Waals surface area contributed by atoms with Gasteiger partial charge < -0.3 is 18.5 Å². The summed E-state index contributed by atoms with van der Waals surface area (Å²) in [6.45, 7) is 8.11. The molecule has 7 nitrogen and oxygen atoms in total. The quantitative estimate of drug-likeness (QED) is 0.169. The standard InChI is InChI=1S/C20H39O7P/c1-5-9-11-13-19(21)24-17-18(27-20(22)14-12-10-6-2)15-16-28(23,25-7-3)26-8-4/h18H,5-17H2,1-4H3/t18-/m0/s1. The first-order valence-corrected chi connectivity index (χ1v) is 12.4. The lowest BCUT2D eigenvalue weighted by molar-refractivity contribution is -0.159. The van der Waals surface area contributed by atoms with E-state index in [1.165, 1.54) is 0 Å². The maximum atomic E-state index is 12.6. The highest BCUT2D eigenvalue weighted by Gasteiger charge is 2.27. The van der Waals surface area contributed by atoms with E-state index < -0.39 is 13.7 Å². The highest BCUT2D eigenvalue weighted by atomic mass is 31.2. The Balaban J connectivity index is 4.70. The third kappa shape index (κ3) is 14.1. The van der Waals surface area contributed by atoms with Crippen LogP contribution in [0.1, 0.15) is 85.5 Å². The van der Waals surface area contributed by atoms with E-state index in [0.29, 0.717) is 12.8 Å². The van der Waals surface area contributed by atoms with Gasteiger partial charge in [-0.2, -0.15) is 0 Å². The second-order valence-corrected chi connectivity index (χ2v) is 8.85. The van der Waals surface area contributed by atoms with Crippen molar-refractivity contribution in [2.75, 3.05) is 26.0 Å². The lowest BCUT2D eigenvalue weighted by atomic mass is 10.2. The summed E-state index contributed by atoms with van der Waals surface area (Å²) in [7, 11) is -3.24. The number of ether oxygens (including phenoxy) is 2. The third-order valence-corrected chi connectivity index (χ3v) is 6.18. The van der Waals surface area contributed by atoms with Gasteiger partial charge in [0.15, 0.2) is 0 Å². The molecule has 0 unspecified atom stereocenters. The van der Waals surface area contributed by atoms with Gasteiger partial charge in [-0.3, -0.25) is 14.2 Å². The first-order chi connectivity index (χ1) is 13.4. The van der Waals surface area contributed by atoms with Gasteiger partial charge in [0.25, 0.3) is 0 Å². The molecule has 0 aliphatic heterocycles. The molecule has 0 bridgehead atoms. The number of rotatable bonds is 18. The predicted octanol–water partition coefficient (Wildman–Crippen LogP) is 5.26. The molecule has 0 aromatic heterocycles. The fraction of sp³-hybridized carbons (Fsp3) is 0.900. The van der Waals surface area contributed by atoms with E-state index in [9.17, 15) is 14.2 Å². The van der Waals surface area contributed by atoms with Gasteiger partial charge >= 0.3 is 19.5 Å². The molecule has 0 aromatic carbocycles. The minimum atomic E-state index is -3.24. The van der Waals surface area contributed by atoms with Crippen molar-refractivity contribution in [3.8, 4) is 0 Å². The van der Waals surface area contributed by atoms with Crippen LogP contribution in [-0.4, -0.2) is 44.0 Å². The monoisotopic (exact) mass is 422 g/mol. The minimum Gasteiger partial charge on any atom is -0.462 e. The summed E-state index contributed by atoms with van der Waals surface area (Å²) in [6.07, 6.45) is 5.87. The van der Waals surface area contributed by atoms with Crippen molar-refractivity contribution in [2.24, 2.45) is 0 Å². The van der Waals surface area contributed by atoms with Crippen molar-refractivity contribution in [1.82, 2.24) is 0 Å². The van der Waals surface area contributed by atoms with Gasteiger partial charge in [0.05, 0.1) is 19.4 Å². The van der Waals surface area contributed by atoms with Crippen LogP contribution in [0.15, 0.2) is 0 Å². The Labute approximate surface area is 170 Å². The Morgan fingerprint density at radius 3 is 1.86 bits per heavy atom. The molecule has 0 aliphatic carbocycles. The molecule has 0 fully saturated rings. The van der Waals surface area contributed by atoms with E-state index in [1.807, 2.05) is 0 Å². The zero-order valence-electron chi connectivity index (χ0n) is 18.1. The number of carbonyl (C=O) groups excluding carboxylic acids is 2. The average Bonchev–Trinajstić information content (AvgIpc) is 2.65. The Hall–Kier alpha value is -0.910. The van der Waals surface area contributed by atoms with Gasteiger partial charge in [-0.15, -0.1) is 0 Å². The van der Waals surface area contributed by atoms with Crippen LogP contribution in [-0.2, 0) is 32.7 Å². The fourth-order valence-electron chi connectivity index (χ4n) is 2.58. The molecule has 166 valence electrons. The highest BCUT2D eigenvalue weighted by Crippen LogP contribution is 2.48. The lowest BCUT2D eigenvalue weighted by Gasteiger charge is -2.21. The number of hydrogen-bond acceptors (Lipinski definition) is 7. The van der Waals surface area contributed by atoms with E-state index >= 15 is 0 Å². The normalized spacial score (nSPS) is 12.6. The van der Waals surface area contributed by atoms with Crippen LogP contribution in [0.5, 0.6) is 0 Å². The van der Waals surface area contributed by atoms with Gasteiger partial charge in [0.1, 0.15) is 12.7 Å². The Morgan fingerprint density at radius 2 is 1.36 bits per heavy atom. The molecule has 0 saturated heterocycles. The van der Waals surface area contributed by atoms with Crippen molar-refractivity contribution in [2.45, 2.75) is 91.6 Å². The van der Waals surface area contributed by atoms with Crippen LogP contribution in [0.4, 0.5) is 0 Å². The van der Waals surface area contributed by atoms with Crippen molar-refractivity contribution < 1.29 is 32.7 Å². The number of carbonyl (C=O) groups is 2. The van der Waals surface area contributed by atoms with Crippen LogP contribution >= 0.6 is 7.60 Å². The summed E-state index contributed by atoms with van der Waals surface area (Å²) < 4.78 is 33.9. The van der Waals surface area contributed by atoms with Crippen LogP contribution in [0, 0.1) is 0 Å². The largest absolute Gasteiger partial charge is 0.462 e. The molecule has 0 amide bonds. The van der Waals surface area contributed by atoms with Crippen molar-refractivity contribution >= 4 is 19.5 Å². The second kappa shape index (κ2) is 17.0. The number of hydrogen-bond donors (Lipinski definition) is 0. The maximum Gasteiger partial charge on any atom is 0.330 e. The molecule has 0 aliphatic rings. The van der Waals surface area contributed by atoms with Gasteiger partial charge in [0, 0.05) is 12.8 Å². The van der Waals surface area contributed by atoms with Gasteiger partial charge in [-0.25, -0.2) is 0 Å². The summed E-state index contributed by atoms with van der Waals surface area (Å²) in [4.78, 5) is 23.9. The summed E-state index contributed by atoms with van der Waals surface area (Å²) in [5.41, 5.74) is 0. The van der Waals surface area contributed by atoms with Gasteiger partial charge in [0.2, 0.25) is 0 Å². The Kier molecular flexibility index (Phi) is 16.4. The van der Waals surface area contributed by atoms with E-state index in [1.54, 1.807) is 13.8 Å². The topological polar surface area (TPSA) is 88.1 Å². The summed E-state index contributed by atoms with van der Waals surface area (Å²) >= 11 is 0. The molecule has 0 spiro atoms. The molecule has 0 aromatic rings. The van der Waals surface area contributed by atoms with Gasteiger partial charge in [-0.1, -0.05) is 39.5 Å². The number of unbranched alkanes of at least 4 members (excludes halogenated alkanes) is 4. The van der Waals surface area contributed by atoms with Crippen LogP contribution in [0.2, 0.25) is 0 Å². The molecule has 0 radical (unpaired) electrons. The van der Waals surface area contributed by atoms with E-state index in [-0.39, 0.29) is 44.3 Å². The third-order valence-electron chi connectivity index (χ3n) is 4.07. The SMILES string of the molecule is CCCCCC(=O)OC[C@H](CCP(=O)(OCC)OCC)OC(=O)CCCCC. The molecule has 0 N–H and O–H groups in total. The summed E-state index contributed by atoms with van der Waals surface area (Å²) in [6, 6.07) is 0. The van der Waals surface area contributed by atoms with Crippen LogP contribution in [0.25, 0.3) is 0 Å². The van der Waals surface area contributed by atoms with Crippen LogP contribution < -0.4 is 0 Å². The van der Waals surface area contributed by atoms with Crippen molar-refractivity contribution in [3.63, 3.8) is 0 Å². The molecule has 1 atom stereocenters. The Bertz CT molecular complexity index is 457. The fourth-order valence-corrected chi connectivity index (χ4v) is 4.30. The predicted molar refractivity (Wildman–Crippen MR) is 109 cm³/mol. The van der Waals surface area contributed by atoms with Crippen LogP contribution in [0.3, 0.4) is 0 Å².